The molecule has 1 aliphatic rings. The van der Waals surface area contributed by atoms with E-state index in [4.69, 9.17) is 5.14 Å². The van der Waals surface area contributed by atoms with Crippen molar-refractivity contribution in [3.8, 4) is 11.1 Å². The SMILES string of the molecule is CS(=O)(=O)C(C(=O)NCCS(N)(=O)=O)c1nc2ccc(-c3ccc(C(=O)N4CC(F)C4)cc3)cc2s1. The number of amides is 2. The Morgan fingerprint density at radius 1 is 1.14 bits per heavy atom. The van der Waals surface area contributed by atoms with Crippen LogP contribution in [0.2, 0.25) is 0 Å². The lowest BCUT2D eigenvalue weighted by Gasteiger charge is -2.34. The number of hydrogen-bond acceptors (Lipinski definition) is 8. The predicted molar refractivity (Wildman–Crippen MR) is 134 cm³/mol. The summed E-state index contributed by atoms with van der Waals surface area (Å²) in [7, 11) is -7.74. The van der Waals surface area contributed by atoms with Crippen LogP contribution in [0.4, 0.5) is 4.39 Å². The summed E-state index contributed by atoms with van der Waals surface area (Å²) in [5.41, 5.74) is 2.54. The minimum atomic E-state index is -3.92. The third-order valence-corrected chi connectivity index (χ3v) is 8.87. The molecular formula is C22H23FN4O6S3. The zero-order chi connectivity index (χ0) is 26.3. The van der Waals surface area contributed by atoms with Gasteiger partial charge < -0.3 is 10.2 Å². The number of likely N-dealkylation sites (tertiary alicyclic amines) is 1. The fraction of sp³-hybridized carbons (Fsp3) is 0.318. The van der Waals surface area contributed by atoms with Crippen LogP contribution in [0.3, 0.4) is 0 Å². The van der Waals surface area contributed by atoms with E-state index in [0.717, 1.165) is 28.7 Å². The molecule has 2 aromatic carbocycles. The second-order valence-electron chi connectivity index (χ2n) is 8.49. The second-order valence-corrected chi connectivity index (χ2v) is 13.4. The van der Waals surface area contributed by atoms with E-state index in [1.54, 1.807) is 42.5 Å². The topological polar surface area (TPSA) is 157 Å². The Labute approximate surface area is 211 Å². The number of nitrogens with two attached hydrogens (primary N) is 1. The standard InChI is InChI=1S/C22H23FN4O6S3/c1-35(30,31)19(20(28)25-8-9-36(24,32)33)21-26-17-7-6-15(10-18(17)34-21)13-2-4-14(5-3-13)22(29)27-11-16(23)12-27/h2-7,10,16,19H,8-9,11-12H2,1H3,(H,25,28)(H2,24,32,33). The van der Waals surface area contributed by atoms with Crippen LogP contribution >= 0.6 is 11.3 Å². The molecule has 0 bridgehead atoms. The number of aromatic nitrogens is 1. The van der Waals surface area contributed by atoms with Crippen molar-refractivity contribution in [1.29, 1.82) is 0 Å². The predicted octanol–water partition coefficient (Wildman–Crippen LogP) is 1.25. The lowest BCUT2D eigenvalue weighted by atomic mass is 10.0. The van der Waals surface area contributed by atoms with Crippen molar-refractivity contribution < 1.29 is 30.8 Å². The molecule has 36 heavy (non-hydrogen) atoms. The number of alkyl halides is 1. The van der Waals surface area contributed by atoms with Gasteiger partial charge in [0.05, 0.1) is 29.1 Å². The summed E-state index contributed by atoms with van der Waals surface area (Å²) < 4.78 is 60.6. The Morgan fingerprint density at radius 2 is 1.78 bits per heavy atom. The summed E-state index contributed by atoms with van der Waals surface area (Å²) in [6, 6.07) is 12.1. The average Bonchev–Trinajstić information content (AvgIpc) is 3.17. The van der Waals surface area contributed by atoms with Gasteiger partial charge in [-0.05, 0) is 35.4 Å². The summed E-state index contributed by atoms with van der Waals surface area (Å²) in [5, 5.41) is 5.67. The number of primary sulfonamides is 1. The largest absolute Gasteiger partial charge is 0.354 e. The zero-order valence-electron chi connectivity index (χ0n) is 19.0. The smallest absolute Gasteiger partial charge is 0.254 e. The minimum absolute atomic E-state index is 0.0550. The average molecular weight is 555 g/mol. The highest BCUT2D eigenvalue weighted by molar-refractivity contribution is 7.91. The number of nitrogens with zero attached hydrogens (tertiary/aromatic N) is 2. The van der Waals surface area contributed by atoms with Gasteiger partial charge in [0.15, 0.2) is 15.1 Å². The number of rotatable bonds is 8. The molecule has 2 heterocycles. The van der Waals surface area contributed by atoms with Crippen molar-refractivity contribution in [1.82, 2.24) is 15.2 Å². The van der Waals surface area contributed by atoms with E-state index in [2.05, 4.69) is 10.3 Å². The van der Waals surface area contributed by atoms with E-state index >= 15 is 0 Å². The van der Waals surface area contributed by atoms with Crippen LogP contribution in [0.15, 0.2) is 42.5 Å². The molecule has 3 N–H and O–H groups in total. The molecule has 0 saturated carbocycles. The Hall–Kier alpha value is -2.94. The Balaban J connectivity index is 1.56. The fourth-order valence-electron chi connectivity index (χ4n) is 3.71. The van der Waals surface area contributed by atoms with Crippen molar-refractivity contribution in [3.63, 3.8) is 0 Å². The molecule has 1 unspecified atom stereocenters. The first-order chi connectivity index (χ1) is 16.8. The molecule has 0 aliphatic carbocycles. The van der Waals surface area contributed by atoms with Crippen LogP contribution in [0.25, 0.3) is 21.3 Å². The van der Waals surface area contributed by atoms with Crippen molar-refractivity contribution in [2.45, 2.75) is 11.4 Å². The van der Waals surface area contributed by atoms with Gasteiger partial charge in [0.25, 0.3) is 5.91 Å². The molecule has 1 fully saturated rings. The molecule has 1 aliphatic heterocycles. The third-order valence-electron chi connectivity index (χ3n) is 5.57. The zero-order valence-corrected chi connectivity index (χ0v) is 21.5. The molecule has 4 rings (SSSR count). The van der Waals surface area contributed by atoms with Crippen molar-refractivity contribution >= 4 is 53.2 Å². The van der Waals surface area contributed by atoms with Crippen LogP contribution in [0, 0.1) is 0 Å². The van der Waals surface area contributed by atoms with Gasteiger partial charge >= 0.3 is 0 Å². The van der Waals surface area contributed by atoms with E-state index in [0.29, 0.717) is 15.8 Å². The first-order valence-electron chi connectivity index (χ1n) is 10.7. The highest BCUT2D eigenvalue weighted by atomic mass is 32.2. The summed E-state index contributed by atoms with van der Waals surface area (Å²) in [4.78, 5) is 30.7. The number of carbonyl (C=O) groups is 2. The normalized spacial score (nSPS) is 15.5. The molecule has 10 nitrogen and oxygen atoms in total. The fourth-order valence-corrected chi connectivity index (χ4v) is 6.65. The van der Waals surface area contributed by atoms with Crippen LogP contribution in [-0.4, -0.2) is 76.3 Å². The Bertz CT molecular complexity index is 1530. The van der Waals surface area contributed by atoms with Crippen LogP contribution in [-0.2, 0) is 24.7 Å². The summed E-state index contributed by atoms with van der Waals surface area (Å²) in [5.74, 6) is -1.65. The number of hydrogen-bond donors (Lipinski definition) is 2. The van der Waals surface area contributed by atoms with E-state index < -0.39 is 42.9 Å². The number of fused-ring (bicyclic) bond motifs is 1. The molecule has 0 radical (unpaired) electrons. The van der Waals surface area contributed by atoms with Gasteiger partial charge in [-0.1, -0.05) is 18.2 Å². The number of thiazole rings is 1. The van der Waals surface area contributed by atoms with E-state index in [-0.39, 0.29) is 30.5 Å². The Kier molecular flexibility index (Phi) is 7.14. The molecule has 1 atom stereocenters. The molecule has 2 amide bonds. The molecule has 14 heteroatoms. The Morgan fingerprint density at radius 3 is 2.36 bits per heavy atom. The maximum Gasteiger partial charge on any atom is 0.254 e. The molecule has 192 valence electrons. The third kappa shape index (κ3) is 5.88. The highest BCUT2D eigenvalue weighted by Gasteiger charge is 2.34. The van der Waals surface area contributed by atoms with Crippen molar-refractivity contribution in [3.05, 3.63) is 53.0 Å². The van der Waals surface area contributed by atoms with Crippen LogP contribution in [0.1, 0.15) is 20.6 Å². The number of carbonyl (C=O) groups excluding carboxylic acids is 2. The second kappa shape index (κ2) is 9.84. The highest BCUT2D eigenvalue weighted by Crippen LogP contribution is 2.33. The first kappa shape index (κ1) is 26.1. The van der Waals surface area contributed by atoms with Crippen molar-refractivity contribution in [2.24, 2.45) is 5.14 Å². The van der Waals surface area contributed by atoms with Crippen LogP contribution < -0.4 is 10.5 Å². The number of sulfone groups is 1. The molecule has 0 spiro atoms. The quantitative estimate of drug-likeness (QED) is 0.424. The first-order valence-corrected chi connectivity index (χ1v) is 15.2. The van der Waals surface area contributed by atoms with E-state index in [9.17, 15) is 30.8 Å². The number of nitrogens with one attached hydrogen (secondary N) is 1. The molecule has 3 aromatic rings. The van der Waals surface area contributed by atoms with Gasteiger partial charge in [-0.3, -0.25) is 9.59 Å². The van der Waals surface area contributed by atoms with Crippen LogP contribution in [0.5, 0.6) is 0 Å². The van der Waals surface area contributed by atoms with Gasteiger partial charge in [0.1, 0.15) is 11.2 Å². The van der Waals surface area contributed by atoms with E-state index in [1.807, 2.05) is 0 Å². The van der Waals surface area contributed by atoms with Gasteiger partial charge in [0, 0.05) is 18.4 Å². The summed E-state index contributed by atoms with van der Waals surface area (Å²) >= 11 is 1.04. The molecule has 1 aromatic heterocycles. The van der Waals surface area contributed by atoms with E-state index in [1.165, 1.54) is 4.90 Å². The monoisotopic (exact) mass is 554 g/mol. The van der Waals surface area contributed by atoms with Gasteiger partial charge in [-0.2, -0.15) is 0 Å². The van der Waals surface area contributed by atoms with Gasteiger partial charge in [-0.25, -0.2) is 31.3 Å². The number of benzene rings is 2. The maximum absolute atomic E-state index is 13.0. The maximum atomic E-state index is 13.0. The number of halogens is 1. The lowest BCUT2D eigenvalue weighted by Crippen LogP contribution is -2.51. The van der Waals surface area contributed by atoms with Crippen molar-refractivity contribution in [2.75, 3.05) is 31.6 Å². The summed E-state index contributed by atoms with van der Waals surface area (Å²) in [6.45, 7) is -0.128. The number of sulfonamides is 1. The molecule has 1 saturated heterocycles. The minimum Gasteiger partial charge on any atom is -0.354 e. The summed E-state index contributed by atoms with van der Waals surface area (Å²) in [6.07, 6.45) is -0.0646. The molecular weight excluding hydrogens is 531 g/mol. The van der Waals surface area contributed by atoms with Gasteiger partial charge in [0.2, 0.25) is 15.9 Å². The van der Waals surface area contributed by atoms with Gasteiger partial charge in [-0.15, -0.1) is 11.3 Å². The lowest BCUT2D eigenvalue weighted by molar-refractivity contribution is -0.120.